The minimum atomic E-state index is -0.470. The van der Waals surface area contributed by atoms with Crippen molar-refractivity contribution in [3.8, 4) is 0 Å². The molecule has 2 N–H and O–H groups in total. The molecule has 0 radical (unpaired) electrons. The summed E-state index contributed by atoms with van der Waals surface area (Å²) in [5.41, 5.74) is -0.470. The zero-order chi connectivity index (χ0) is 21.4. The van der Waals surface area contributed by atoms with Crippen molar-refractivity contribution in [1.82, 2.24) is 20.4 Å². The molecule has 2 atom stereocenters. The lowest BCUT2D eigenvalue weighted by Crippen LogP contribution is -2.44. The van der Waals surface area contributed by atoms with Crippen LogP contribution < -0.4 is 10.6 Å². The second-order valence-electron chi connectivity index (χ2n) is 9.93. The van der Waals surface area contributed by atoms with Crippen LogP contribution in [0.1, 0.15) is 60.8 Å². The Hall–Kier alpha value is -1.50. The van der Waals surface area contributed by atoms with Gasteiger partial charge < -0.3 is 25.2 Å². The van der Waals surface area contributed by atoms with Crippen LogP contribution in [0.15, 0.2) is 4.99 Å². The predicted molar refractivity (Wildman–Crippen MR) is 119 cm³/mol. The molecule has 0 aromatic heterocycles. The van der Waals surface area contributed by atoms with Gasteiger partial charge in [0.1, 0.15) is 5.60 Å². The number of ether oxygens (including phenoxy) is 1. The number of carbonyl (C=O) groups is 1. The molecule has 168 valence electrons. The molecule has 0 spiro atoms. The first-order chi connectivity index (χ1) is 13.7. The molecule has 2 saturated heterocycles. The normalized spacial score (nSPS) is 24.1. The number of nitrogens with one attached hydrogen (secondary N) is 2. The van der Waals surface area contributed by atoms with Gasteiger partial charge in [0.05, 0.1) is 6.04 Å². The van der Waals surface area contributed by atoms with Crippen LogP contribution in [0.5, 0.6) is 0 Å². The van der Waals surface area contributed by atoms with Gasteiger partial charge in [0, 0.05) is 39.3 Å². The largest absolute Gasteiger partial charge is 0.444 e. The van der Waals surface area contributed by atoms with Gasteiger partial charge in [-0.05, 0) is 65.3 Å². The number of aliphatic imine (C=N–C) groups is 1. The summed E-state index contributed by atoms with van der Waals surface area (Å²) in [6.45, 7) is 19.3. The third kappa shape index (κ3) is 8.81. The van der Waals surface area contributed by atoms with E-state index in [2.05, 4.69) is 41.2 Å². The fourth-order valence-electron chi connectivity index (χ4n) is 4.17. The number of guanidine groups is 1. The summed E-state index contributed by atoms with van der Waals surface area (Å²) in [6, 6.07) is 0.102. The second kappa shape index (κ2) is 11.0. The highest BCUT2D eigenvalue weighted by atomic mass is 16.6. The Labute approximate surface area is 177 Å². The van der Waals surface area contributed by atoms with Crippen LogP contribution in [0.4, 0.5) is 4.79 Å². The van der Waals surface area contributed by atoms with Crippen LogP contribution in [-0.4, -0.2) is 79.3 Å². The zero-order valence-electron chi connectivity index (χ0n) is 19.5. The number of amides is 1. The Morgan fingerprint density at radius 1 is 1.21 bits per heavy atom. The van der Waals surface area contributed by atoms with E-state index in [4.69, 9.17) is 9.73 Å². The summed E-state index contributed by atoms with van der Waals surface area (Å²) in [5.74, 6) is 2.32. The van der Waals surface area contributed by atoms with E-state index in [1.54, 1.807) is 0 Å². The number of nitrogens with zero attached hydrogens (tertiary/aromatic N) is 3. The highest BCUT2D eigenvalue weighted by Crippen LogP contribution is 2.18. The van der Waals surface area contributed by atoms with Crippen LogP contribution in [0.3, 0.4) is 0 Å². The summed E-state index contributed by atoms with van der Waals surface area (Å²) < 4.78 is 5.39. The van der Waals surface area contributed by atoms with Gasteiger partial charge in [-0.1, -0.05) is 13.8 Å². The van der Waals surface area contributed by atoms with Crippen molar-refractivity contribution in [3.63, 3.8) is 0 Å². The molecule has 29 heavy (non-hydrogen) atoms. The molecule has 2 aliphatic heterocycles. The van der Waals surface area contributed by atoms with Crippen molar-refractivity contribution in [1.29, 1.82) is 0 Å². The molecule has 0 aromatic rings. The van der Waals surface area contributed by atoms with E-state index in [0.717, 1.165) is 45.1 Å². The Bertz CT molecular complexity index is 544. The number of piperidine rings is 1. The molecule has 2 fully saturated rings. The summed E-state index contributed by atoms with van der Waals surface area (Å²) in [5, 5.41) is 6.44. The summed E-state index contributed by atoms with van der Waals surface area (Å²) >= 11 is 0. The topological polar surface area (TPSA) is 69.2 Å². The van der Waals surface area contributed by atoms with Gasteiger partial charge in [0.2, 0.25) is 0 Å². The van der Waals surface area contributed by atoms with E-state index < -0.39 is 5.60 Å². The fourth-order valence-corrected chi connectivity index (χ4v) is 4.17. The van der Waals surface area contributed by atoms with Gasteiger partial charge >= 0.3 is 6.09 Å². The third-order valence-electron chi connectivity index (χ3n) is 5.27. The minimum Gasteiger partial charge on any atom is -0.444 e. The highest BCUT2D eigenvalue weighted by molar-refractivity contribution is 5.80. The number of likely N-dealkylation sites (tertiary alicyclic amines) is 2. The number of carbonyl (C=O) groups excluding carboxylic acids is 1. The monoisotopic (exact) mass is 409 g/mol. The number of hydrogen-bond donors (Lipinski definition) is 2. The molecular formula is C22H43N5O2. The number of alkyl carbamates (subject to hydrolysis) is 1. The zero-order valence-corrected chi connectivity index (χ0v) is 19.5. The van der Waals surface area contributed by atoms with Crippen LogP contribution in [0.25, 0.3) is 0 Å². The van der Waals surface area contributed by atoms with Crippen LogP contribution in [-0.2, 0) is 4.74 Å². The smallest absolute Gasteiger partial charge is 0.407 e. The molecule has 0 bridgehead atoms. The van der Waals surface area contributed by atoms with E-state index in [9.17, 15) is 4.79 Å². The van der Waals surface area contributed by atoms with Gasteiger partial charge in [0.25, 0.3) is 0 Å². The molecule has 1 amide bonds. The van der Waals surface area contributed by atoms with E-state index in [-0.39, 0.29) is 12.1 Å². The molecule has 2 unspecified atom stereocenters. The number of rotatable bonds is 6. The first-order valence-electron chi connectivity index (χ1n) is 11.4. The SMILES string of the molecule is CCNC(=NCC1CCCN(CC(C)C)C1)N1CCC(NC(=O)OC(C)(C)C)C1. The van der Waals surface area contributed by atoms with Gasteiger partial charge in [-0.15, -0.1) is 0 Å². The van der Waals surface area contributed by atoms with Crippen molar-refractivity contribution in [2.75, 3.05) is 45.8 Å². The van der Waals surface area contributed by atoms with Crippen molar-refractivity contribution < 1.29 is 9.53 Å². The lowest BCUT2D eigenvalue weighted by Gasteiger charge is -2.33. The molecule has 7 nitrogen and oxygen atoms in total. The Balaban J connectivity index is 1.86. The molecule has 7 heteroatoms. The number of hydrogen-bond acceptors (Lipinski definition) is 4. The molecule has 0 aromatic carbocycles. The van der Waals surface area contributed by atoms with Crippen molar-refractivity contribution in [2.24, 2.45) is 16.8 Å². The lowest BCUT2D eigenvalue weighted by molar-refractivity contribution is 0.0507. The lowest BCUT2D eigenvalue weighted by atomic mass is 9.97. The molecular weight excluding hydrogens is 366 g/mol. The summed E-state index contributed by atoms with van der Waals surface area (Å²) in [4.78, 5) is 21.9. The molecule has 2 heterocycles. The Morgan fingerprint density at radius 2 is 1.97 bits per heavy atom. The standard InChI is InChI=1S/C22H43N5O2/c1-7-23-20(24-13-18-9-8-11-26(15-18)14-17(2)3)27-12-10-19(16-27)25-21(28)29-22(4,5)6/h17-19H,7-16H2,1-6H3,(H,23,24)(H,25,28). The van der Waals surface area contributed by atoms with Crippen LogP contribution in [0, 0.1) is 11.8 Å². The van der Waals surface area contributed by atoms with E-state index in [1.807, 2.05) is 20.8 Å². The van der Waals surface area contributed by atoms with Gasteiger partial charge in [-0.25, -0.2) is 4.79 Å². The minimum absolute atomic E-state index is 0.102. The maximum Gasteiger partial charge on any atom is 0.407 e. The molecule has 2 rings (SSSR count). The van der Waals surface area contributed by atoms with Gasteiger partial charge in [-0.3, -0.25) is 4.99 Å². The third-order valence-corrected chi connectivity index (χ3v) is 5.27. The van der Waals surface area contributed by atoms with Crippen LogP contribution in [0.2, 0.25) is 0 Å². The Kier molecular flexibility index (Phi) is 9.05. The van der Waals surface area contributed by atoms with Gasteiger partial charge in [0.15, 0.2) is 5.96 Å². The van der Waals surface area contributed by atoms with Crippen molar-refractivity contribution in [3.05, 3.63) is 0 Å². The fraction of sp³-hybridized carbons (Fsp3) is 0.909. The van der Waals surface area contributed by atoms with Crippen LogP contribution >= 0.6 is 0 Å². The average Bonchev–Trinajstić information content (AvgIpc) is 3.04. The molecule has 0 aliphatic carbocycles. The highest BCUT2D eigenvalue weighted by Gasteiger charge is 2.28. The maximum atomic E-state index is 12.1. The predicted octanol–water partition coefficient (Wildman–Crippen LogP) is 2.92. The molecule has 0 saturated carbocycles. The molecule has 2 aliphatic rings. The summed E-state index contributed by atoms with van der Waals surface area (Å²) in [6.07, 6.45) is 3.11. The first kappa shape index (κ1) is 23.8. The van der Waals surface area contributed by atoms with E-state index in [0.29, 0.717) is 11.8 Å². The summed E-state index contributed by atoms with van der Waals surface area (Å²) in [7, 11) is 0. The van der Waals surface area contributed by atoms with Crippen molar-refractivity contribution >= 4 is 12.1 Å². The van der Waals surface area contributed by atoms with E-state index >= 15 is 0 Å². The van der Waals surface area contributed by atoms with E-state index in [1.165, 1.54) is 25.9 Å². The average molecular weight is 410 g/mol. The Morgan fingerprint density at radius 3 is 2.62 bits per heavy atom. The first-order valence-corrected chi connectivity index (χ1v) is 11.4. The van der Waals surface area contributed by atoms with Crippen molar-refractivity contribution in [2.45, 2.75) is 72.4 Å². The quantitative estimate of drug-likeness (QED) is 0.521. The second-order valence-corrected chi connectivity index (χ2v) is 9.93. The maximum absolute atomic E-state index is 12.1. The van der Waals surface area contributed by atoms with Gasteiger partial charge in [-0.2, -0.15) is 0 Å².